The largest absolute Gasteiger partial charge is 0.497 e. The van der Waals surface area contributed by atoms with Gasteiger partial charge in [-0.1, -0.05) is 12.1 Å². The SMILES string of the molecule is COc1ccc(CC(=O)NNC(=S)NC(=O)c2ccc(OC)cc2)cc1. The van der Waals surface area contributed by atoms with E-state index < -0.39 is 5.91 Å². The molecule has 26 heavy (non-hydrogen) atoms. The number of carbonyl (C=O) groups excluding carboxylic acids is 2. The number of hydrogen-bond acceptors (Lipinski definition) is 5. The van der Waals surface area contributed by atoms with Crippen molar-refractivity contribution in [2.75, 3.05) is 14.2 Å². The van der Waals surface area contributed by atoms with E-state index in [0.717, 1.165) is 11.3 Å². The van der Waals surface area contributed by atoms with Crippen molar-refractivity contribution in [1.82, 2.24) is 16.2 Å². The standard InChI is InChI=1S/C18H19N3O4S/c1-24-14-7-3-12(4-8-14)11-16(22)20-21-18(26)19-17(23)13-5-9-15(25-2)10-6-13/h3-10H,11H2,1-2H3,(H,20,22)(H2,19,21,23,26). The van der Waals surface area contributed by atoms with Crippen LogP contribution in [0.4, 0.5) is 0 Å². The van der Waals surface area contributed by atoms with Crippen molar-refractivity contribution in [3.05, 3.63) is 59.7 Å². The summed E-state index contributed by atoms with van der Waals surface area (Å²) in [6.07, 6.45) is 0.159. The molecule has 0 bridgehead atoms. The Morgan fingerprint density at radius 1 is 0.885 bits per heavy atom. The molecular weight excluding hydrogens is 354 g/mol. The van der Waals surface area contributed by atoms with Gasteiger partial charge in [-0.2, -0.15) is 0 Å². The van der Waals surface area contributed by atoms with E-state index in [1.165, 1.54) is 0 Å². The lowest BCUT2D eigenvalue weighted by atomic mass is 10.1. The molecule has 7 nitrogen and oxygen atoms in total. The second-order valence-corrected chi connectivity index (χ2v) is 5.62. The molecule has 2 aromatic rings. The van der Waals surface area contributed by atoms with Crippen molar-refractivity contribution in [3.8, 4) is 11.5 Å². The molecule has 8 heteroatoms. The minimum atomic E-state index is -0.394. The van der Waals surface area contributed by atoms with Gasteiger partial charge in [0.25, 0.3) is 5.91 Å². The van der Waals surface area contributed by atoms with Crippen LogP contribution in [0.25, 0.3) is 0 Å². The quantitative estimate of drug-likeness (QED) is 0.545. The second-order valence-electron chi connectivity index (χ2n) is 5.21. The molecule has 0 aliphatic carbocycles. The van der Waals surface area contributed by atoms with Crippen molar-refractivity contribution < 1.29 is 19.1 Å². The van der Waals surface area contributed by atoms with Crippen LogP contribution in [0.3, 0.4) is 0 Å². The van der Waals surface area contributed by atoms with Gasteiger partial charge in [-0.05, 0) is 54.2 Å². The normalized spacial score (nSPS) is 9.77. The lowest BCUT2D eigenvalue weighted by Crippen LogP contribution is -2.48. The minimum Gasteiger partial charge on any atom is -0.497 e. The third-order valence-electron chi connectivity index (χ3n) is 3.42. The maximum atomic E-state index is 12.0. The number of nitrogens with one attached hydrogen (secondary N) is 3. The first-order valence-electron chi connectivity index (χ1n) is 7.69. The summed E-state index contributed by atoms with van der Waals surface area (Å²) in [5, 5.41) is 2.47. The Balaban J connectivity index is 1.77. The highest BCUT2D eigenvalue weighted by molar-refractivity contribution is 7.80. The van der Waals surface area contributed by atoms with E-state index in [9.17, 15) is 9.59 Å². The van der Waals surface area contributed by atoms with Crippen LogP contribution in [0.2, 0.25) is 0 Å². The summed E-state index contributed by atoms with van der Waals surface area (Å²) in [5.74, 6) is 0.675. The Bertz CT molecular complexity index is 776. The highest BCUT2D eigenvalue weighted by Crippen LogP contribution is 2.12. The monoisotopic (exact) mass is 373 g/mol. The predicted octanol–water partition coefficient (Wildman–Crippen LogP) is 1.58. The molecule has 2 rings (SSSR count). The molecule has 3 N–H and O–H groups in total. The first kappa shape index (κ1) is 19.2. The van der Waals surface area contributed by atoms with Crippen LogP contribution in [-0.2, 0) is 11.2 Å². The van der Waals surface area contributed by atoms with Crippen LogP contribution in [0, 0.1) is 0 Å². The molecule has 0 fully saturated rings. The van der Waals surface area contributed by atoms with Gasteiger partial charge >= 0.3 is 0 Å². The Kier molecular flexibility index (Phi) is 6.92. The molecule has 0 aromatic heterocycles. The van der Waals surface area contributed by atoms with Gasteiger partial charge in [0.15, 0.2) is 5.11 Å². The van der Waals surface area contributed by atoms with E-state index in [0.29, 0.717) is 11.3 Å². The Morgan fingerprint density at radius 3 is 1.96 bits per heavy atom. The van der Waals surface area contributed by atoms with E-state index in [1.807, 2.05) is 0 Å². The van der Waals surface area contributed by atoms with E-state index >= 15 is 0 Å². The molecule has 0 spiro atoms. The van der Waals surface area contributed by atoms with Gasteiger partial charge in [0, 0.05) is 5.56 Å². The molecule has 0 aliphatic rings. The molecular formula is C18H19N3O4S. The van der Waals surface area contributed by atoms with Crippen LogP contribution in [0.5, 0.6) is 11.5 Å². The van der Waals surface area contributed by atoms with Crippen molar-refractivity contribution in [2.24, 2.45) is 0 Å². The van der Waals surface area contributed by atoms with E-state index in [1.54, 1.807) is 62.8 Å². The van der Waals surface area contributed by atoms with E-state index in [4.69, 9.17) is 21.7 Å². The topological polar surface area (TPSA) is 88.7 Å². The third-order valence-corrected chi connectivity index (χ3v) is 3.62. The maximum Gasteiger partial charge on any atom is 0.257 e. The molecule has 0 saturated carbocycles. The average molecular weight is 373 g/mol. The van der Waals surface area contributed by atoms with Gasteiger partial charge in [-0.15, -0.1) is 0 Å². The number of hydrogen-bond donors (Lipinski definition) is 3. The van der Waals surface area contributed by atoms with Crippen LogP contribution in [0.1, 0.15) is 15.9 Å². The zero-order valence-electron chi connectivity index (χ0n) is 14.4. The van der Waals surface area contributed by atoms with Crippen LogP contribution in [-0.4, -0.2) is 31.1 Å². The molecule has 2 amide bonds. The van der Waals surface area contributed by atoms with Gasteiger partial charge in [-0.25, -0.2) is 0 Å². The molecule has 0 saturated heterocycles. The summed E-state index contributed by atoms with van der Waals surface area (Å²) in [5.41, 5.74) is 6.17. The Morgan fingerprint density at radius 2 is 1.42 bits per heavy atom. The van der Waals surface area contributed by atoms with Gasteiger partial charge in [0.2, 0.25) is 5.91 Å². The minimum absolute atomic E-state index is 0.00565. The molecule has 0 unspecified atom stereocenters. The smallest absolute Gasteiger partial charge is 0.257 e. The highest BCUT2D eigenvalue weighted by atomic mass is 32.1. The first-order chi connectivity index (χ1) is 12.5. The number of carbonyl (C=O) groups is 2. The van der Waals surface area contributed by atoms with Crippen LogP contribution >= 0.6 is 12.2 Å². The van der Waals surface area contributed by atoms with Crippen LogP contribution in [0.15, 0.2) is 48.5 Å². The molecule has 0 heterocycles. The summed E-state index contributed by atoms with van der Waals surface area (Å²) >= 11 is 5.00. The number of hydrazine groups is 1. The van der Waals surface area contributed by atoms with E-state index in [-0.39, 0.29) is 17.4 Å². The number of amides is 2. The second kappa shape index (κ2) is 9.38. The number of methoxy groups -OCH3 is 2. The molecule has 0 atom stereocenters. The zero-order valence-corrected chi connectivity index (χ0v) is 15.2. The lowest BCUT2D eigenvalue weighted by Gasteiger charge is -2.11. The number of ether oxygens (including phenoxy) is 2. The van der Waals surface area contributed by atoms with Crippen molar-refractivity contribution >= 4 is 29.1 Å². The van der Waals surface area contributed by atoms with Gasteiger partial charge in [0.1, 0.15) is 11.5 Å². The van der Waals surface area contributed by atoms with Crippen molar-refractivity contribution in [2.45, 2.75) is 6.42 Å². The highest BCUT2D eigenvalue weighted by Gasteiger charge is 2.09. The summed E-state index contributed by atoms with van der Waals surface area (Å²) in [6.45, 7) is 0. The summed E-state index contributed by atoms with van der Waals surface area (Å²) in [4.78, 5) is 24.0. The van der Waals surface area contributed by atoms with Crippen LogP contribution < -0.4 is 25.6 Å². The maximum absolute atomic E-state index is 12.0. The molecule has 0 radical (unpaired) electrons. The zero-order chi connectivity index (χ0) is 18.9. The van der Waals surface area contributed by atoms with Gasteiger partial charge in [-0.3, -0.25) is 25.8 Å². The summed E-state index contributed by atoms with van der Waals surface area (Å²) in [7, 11) is 3.12. The molecule has 2 aromatic carbocycles. The average Bonchev–Trinajstić information content (AvgIpc) is 2.67. The number of thiocarbonyl (C=S) groups is 1. The Hall–Kier alpha value is -3.13. The molecule has 136 valence electrons. The first-order valence-corrected chi connectivity index (χ1v) is 8.10. The third kappa shape index (κ3) is 5.75. The van der Waals surface area contributed by atoms with Crippen molar-refractivity contribution in [1.29, 1.82) is 0 Å². The summed E-state index contributed by atoms with van der Waals surface area (Å²) < 4.78 is 10.1. The Labute approximate surface area is 156 Å². The number of benzene rings is 2. The van der Waals surface area contributed by atoms with Gasteiger partial charge in [0.05, 0.1) is 20.6 Å². The fourth-order valence-corrected chi connectivity index (χ4v) is 2.19. The molecule has 0 aliphatic heterocycles. The number of rotatable bonds is 5. The predicted molar refractivity (Wildman–Crippen MR) is 101 cm³/mol. The van der Waals surface area contributed by atoms with Crippen molar-refractivity contribution in [3.63, 3.8) is 0 Å². The van der Waals surface area contributed by atoms with Gasteiger partial charge < -0.3 is 9.47 Å². The summed E-state index contributed by atoms with van der Waals surface area (Å²) in [6, 6.07) is 13.7. The fraction of sp³-hybridized carbons (Fsp3) is 0.167. The lowest BCUT2D eigenvalue weighted by molar-refractivity contribution is -0.121. The fourth-order valence-electron chi connectivity index (χ4n) is 2.05. The van der Waals surface area contributed by atoms with E-state index in [2.05, 4.69) is 16.2 Å².